The summed E-state index contributed by atoms with van der Waals surface area (Å²) in [6, 6.07) is 12.3. The van der Waals surface area contributed by atoms with E-state index in [4.69, 9.17) is 10.5 Å². The van der Waals surface area contributed by atoms with E-state index >= 15 is 0 Å². The minimum atomic E-state index is -3.25. The molecule has 0 saturated heterocycles. The summed E-state index contributed by atoms with van der Waals surface area (Å²) in [5.41, 5.74) is 8.04. The first kappa shape index (κ1) is 20.4. The smallest absolute Gasteiger partial charge is 0.255 e. The molecule has 150 valence electrons. The summed E-state index contributed by atoms with van der Waals surface area (Å²) < 4.78 is 28.6. The molecule has 7 heteroatoms. The number of carbonyl (C=O) groups excluding carboxylic acids is 1. The van der Waals surface area contributed by atoms with Crippen LogP contribution in [0.4, 0.5) is 0 Å². The van der Waals surface area contributed by atoms with Crippen molar-refractivity contribution in [3.8, 4) is 16.9 Å². The van der Waals surface area contributed by atoms with Crippen LogP contribution in [0.2, 0.25) is 0 Å². The average molecular weight is 403 g/mol. The van der Waals surface area contributed by atoms with Crippen LogP contribution in [0.25, 0.3) is 11.1 Å². The van der Waals surface area contributed by atoms with E-state index in [1.807, 2.05) is 6.07 Å². The fourth-order valence-corrected chi connectivity index (χ4v) is 4.12. The maximum atomic E-state index is 12.8. The van der Waals surface area contributed by atoms with Gasteiger partial charge < -0.3 is 15.8 Å². The summed E-state index contributed by atoms with van der Waals surface area (Å²) in [7, 11) is -1.71. The molecule has 0 aliphatic heterocycles. The number of ether oxygens (including phenoxy) is 1. The van der Waals surface area contributed by atoms with Crippen LogP contribution in [0.3, 0.4) is 0 Å². The van der Waals surface area contributed by atoms with E-state index in [0.29, 0.717) is 11.3 Å². The number of sulfone groups is 1. The molecule has 28 heavy (non-hydrogen) atoms. The summed E-state index contributed by atoms with van der Waals surface area (Å²) in [4.78, 5) is 13.1. The number of methoxy groups -OCH3 is 1. The van der Waals surface area contributed by atoms with Crippen LogP contribution in [0, 0.1) is 0 Å². The zero-order valence-corrected chi connectivity index (χ0v) is 17.0. The van der Waals surface area contributed by atoms with E-state index in [0.717, 1.165) is 36.8 Å². The molecule has 0 atom stereocenters. The molecule has 0 spiro atoms. The summed E-state index contributed by atoms with van der Waals surface area (Å²) in [6.07, 6.45) is 4.75. The molecule has 2 aromatic carbocycles. The van der Waals surface area contributed by atoms with Crippen LogP contribution in [0.15, 0.2) is 47.4 Å². The molecule has 1 amide bonds. The van der Waals surface area contributed by atoms with Crippen molar-refractivity contribution in [2.75, 3.05) is 13.4 Å². The van der Waals surface area contributed by atoms with Crippen molar-refractivity contribution < 1.29 is 17.9 Å². The lowest BCUT2D eigenvalue weighted by Crippen LogP contribution is -2.40. The number of nitrogens with one attached hydrogen (secondary N) is 1. The number of amides is 1. The second-order valence-corrected chi connectivity index (χ2v) is 9.31. The third-order valence-corrected chi connectivity index (χ3v) is 6.30. The molecule has 0 bridgehead atoms. The van der Waals surface area contributed by atoms with Gasteiger partial charge in [0.2, 0.25) is 0 Å². The minimum absolute atomic E-state index is 0.120. The van der Waals surface area contributed by atoms with Crippen LogP contribution in [-0.4, -0.2) is 39.8 Å². The van der Waals surface area contributed by atoms with E-state index in [1.165, 1.54) is 13.4 Å². The summed E-state index contributed by atoms with van der Waals surface area (Å²) >= 11 is 0. The highest BCUT2D eigenvalue weighted by Gasteiger charge is 2.22. The number of hydrogen-bond acceptors (Lipinski definition) is 5. The molecule has 0 unspecified atom stereocenters. The zero-order valence-electron chi connectivity index (χ0n) is 16.1. The van der Waals surface area contributed by atoms with Crippen molar-refractivity contribution >= 4 is 15.7 Å². The topological polar surface area (TPSA) is 98.5 Å². The van der Waals surface area contributed by atoms with E-state index in [-0.39, 0.29) is 22.9 Å². The Balaban J connectivity index is 1.84. The Labute approximate surface area is 166 Å². The highest BCUT2D eigenvalue weighted by atomic mass is 32.2. The standard InChI is InChI=1S/C21H26N2O4S/c1-27-20-12-5-15(14-3-10-18(11-4-14)28(2,25)26)13-19(20)21(24)23-17-8-6-16(22)7-9-17/h3-5,10-13,16-17H,6-9,22H2,1-2H3,(H,23,24). The molecule has 1 aliphatic rings. The van der Waals surface area contributed by atoms with Gasteiger partial charge in [-0.2, -0.15) is 0 Å². The number of carbonyl (C=O) groups is 1. The Morgan fingerprint density at radius 3 is 2.21 bits per heavy atom. The minimum Gasteiger partial charge on any atom is -0.496 e. The van der Waals surface area contributed by atoms with Gasteiger partial charge in [-0.1, -0.05) is 18.2 Å². The normalized spacial score (nSPS) is 19.8. The highest BCUT2D eigenvalue weighted by Crippen LogP contribution is 2.28. The number of hydrogen-bond donors (Lipinski definition) is 2. The van der Waals surface area contributed by atoms with Crippen LogP contribution in [0.5, 0.6) is 5.75 Å². The summed E-state index contributed by atoms with van der Waals surface area (Å²) in [6.45, 7) is 0. The molecule has 3 rings (SSSR count). The Morgan fingerprint density at radius 2 is 1.64 bits per heavy atom. The first-order valence-corrected chi connectivity index (χ1v) is 11.2. The van der Waals surface area contributed by atoms with Crippen LogP contribution >= 0.6 is 0 Å². The Kier molecular flexibility index (Phi) is 6.05. The SMILES string of the molecule is COc1ccc(-c2ccc(S(C)(=O)=O)cc2)cc1C(=O)NC1CCC(N)CC1. The first-order chi connectivity index (χ1) is 13.3. The van der Waals surface area contributed by atoms with Crippen molar-refractivity contribution in [1.29, 1.82) is 0 Å². The van der Waals surface area contributed by atoms with E-state index in [1.54, 1.807) is 36.4 Å². The van der Waals surface area contributed by atoms with Gasteiger partial charge in [-0.25, -0.2) is 8.42 Å². The molecular formula is C21H26N2O4S. The average Bonchev–Trinajstić information content (AvgIpc) is 2.68. The molecule has 1 aliphatic carbocycles. The summed E-state index contributed by atoms with van der Waals surface area (Å²) in [5, 5.41) is 3.08. The Bertz CT molecular complexity index is 947. The number of benzene rings is 2. The second-order valence-electron chi connectivity index (χ2n) is 7.30. The fourth-order valence-electron chi connectivity index (χ4n) is 3.49. The largest absolute Gasteiger partial charge is 0.496 e. The lowest BCUT2D eigenvalue weighted by molar-refractivity contribution is 0.0923. The Hall–Kier alpha value is -2.38. The van der Waals surface area contributed by atoms with Crippen molar-refractivity contribution in [2.24, 2.45) is 5.73 Å². The van der Waals surface area contributed by atoms with Crippen molar-refractivity contribution in [1.82, 2.24) is 5.32 Å². The molecule has 1 saturated carbocycles. The lowest BCUT2D eigenvalue weighted by Gasteiger charge is -2.27. The van der Waals surface area contributed by atoms with Gasteiger partial charge in [0.25, 0.3) is 5.91 Å². The van der Waals surface area contributed by atoms with Gasteiger partial charge in [0.05, 0.1) is 17.6 Å². The highest BCUT2D eigenvalue weighted by molar-refractivity contribution is 7.90. The van der Waals surface area contributed by atoms with E-state index in [2.05, 4.69) is 5.32 Å². The maximum Gasteiger partial charge on any atom is 0.255 e. The van der Waals surface area contributed by atoms with Gasteiger partial charge in [0, 0.05) is 18.3 Å². The van der Waals surface area contributed by atoms with Crippen molar-refractivity contribution in [3.05, 3.63) is 48.0 Å². The fraction of sp³-hybridized carbons (Fsp3) is 0.381. The monoisotopic (exact) mass is 402 g/mol. The van der Waals surface area contributed by atoms with Crippen molar-refractivity contribution in [2.45, 2.75) is 42.7 Å². The summed E-state index contributed by atoms with van der Waals surface area (Å²) in [5.74, 6) is 0.327. The molecule has 0 radical (unpaired) electrons. The van der Waals surface area contributed by atoms with Crippen LogP contribution < -0.4 is 15.8 Å². The van der Waals surface area contributed by atoms with Crippen LogP contribution in [-0.2, 0) is 9.84 Å². The van der Waals surface area contributed by atoms with Gasteiger partial charge in [-0.05, 0) is 61.1 Å². The molecule has 6 nitrogen and oxygen atoms in total. The molecule has 2 aromatic rings. The van der Waals surface area contributed by atoms with Gasteiger partial charge in [0.1, 0.15) is 5.75 Å². The van der Waals surface area contributed by atoms with E-state index in [9.17, 15) is 13.2 Å². The molecule has 3 N–H and O–H groups in total. The van der Waals surface area contributed by atoms with Gasteiger partial charge >= 0.3 is 0 Å². The molecular weight excluding hydrogens is 376 g/mol. The van der Waals surface area contributed by atoms with Crippen LogP contribution in [0.1, 0.15) is 36.0 Å². The lowest BCUT2D eigenvalue weighted by atomic mass is 9.91. The maximum absolute atomic E-state index is 12.8. The number of nitrogens with two attached hydrogens (primary N) is 1. The second kappa shape index (κ2) is 8.32. The third kappa shape index (κ3) is 4.72. The van der Waals surface area contributed by atoms with E-state index < -0.39 is 9.84 Å². The third-order valence-electron chi connectivity index (χ3n) is 5.17. The molecule has 0 heterocycles. The zero-order chi connectivity index (χ0) is 20.3. The predicted molar refractivity (Wildman–Crippen MR) is 109 cm³/mol. The number of rotatable bonds is 5. The molecule has 0 aromatic heterocycles. The Morgan fingerprint density at radius 1 is 1.04 bits per heavy atom. The quantitative estimate of drug-likeness (QED) is 0.801. The van der Waals surface area contributed by atoms with Crippen molar-refractivity contribution in [3.63, 3.8) is 0 Å². The van der Waals surface area contributed by atoms with Gasteiger partial charge in [0.15, 0.2) is 9.84 Å². The van der Waals surface area contributed by atoms with Gasteiger partial charge in [-0.15, -0.1) is 0 Å². The first-order valence-electron chi connectivity index (χ1n) is 9.33. The molecule has 1 fully saturated rings. The van der Waals surface area contributed by atoms with Gasteiger partial charge in [-0.3, -0.25) is 4.79 Å². The predicted octanol–water partition coefficient (Wildman–Crippen LogP) is 2.77.